The number of anilines is 1. The summed E-state index contributed by atoms with van der Waals surface area (Å²) in [5, 5.41) is 6.57. The predicted octanol–water partition coefficient (Wildman–Crippen LogP) is 5.04. The smallest absolute Gasteiger partial charge is 0.333 e. The fraction of sp³-hybridized carbons (Fsp3) is 0.0952. The molecule has 0 aliphatic rings. The number of benzene rings is 2. The molecule has 0 unspecified atom stereocenters. The Hall–Kier alpha value is -3.59. The van der Waals surface area contributed by atoms with E-state index in [1.807, 2.05) is 10.6 Å². The summed E-state index contributed by atoms with van der Waals surface area (Å²) in [7, 11) is 0. The molecule has 0 saturated carbocycles. The van der Waals surface area contributed by atoms with Crippen LogP contribution in [0.25, 0.3) is 5.69 Å². The molecule has 31 heavy (non-hydrogen) atoms. The number of nitrogens with one attached hydrogen (secondary N) is 1. The van der Waals surface area contributed by atoms with E-state index < -0.39 is 23.3 Å². The minimum Gasteiger partial charge on any atom is -0.333 e. The number of aromatic nitrogens is 4. The normalized spacial score (nSPS) is 11.5. The van der Waals surface area contributed by atoms with Gasteiger partial charge in [0.1, 0.15) is 0 Å². The third-order valence-corrected chi connectivity index (χ3v) is 4.68. The van der Waals surface area contributed by atoms with Gasteiger partial charge in [0, 0.05) is 29.6 Å². The van der Waals surface area contributed by atoms with Crippen molar-refractivity contribution in [2.75, 3.05) is 5.32 Å². The van der Waals surface area contributed by atoms with Gasteiger partial charge in [-0.15, -0.1) is 0 Å². The number of halogens is 4. The zero-order valence-corrected chi connectivity index (χ0v) is 16.6. The summed E-state index contributed by atoms with van der Waals surface area (Å²) in [6.07, 6.45) is 1.15. The molecule has 2 heterocycles. The number of hydrogen-bond acceptors (Lipinski definition) is 3. The van der Waals surface area contributed by atoms with Crippen LogP contribution in [0, 0.1) is 0 Å². The fourth-order valence-corrected chi connectivity index (χ4v) is 3.31. The first-order valence-corrected chi connectivity index (χ1v) is 9.46. The second-order valence-electron chi connectivity index (χ2n) is 6.69. The lowest BCUT2D eigenvalue weighted by atomic mass is 10.1. The number of nitrogens with zero attached hydrogens (tertiary/aromatic N) is 4. The van der Waals surface area contributed by atoms with E-state index in [9.17, 15) is 18.0 Å². The summed E-state index contributed by atoms with van der Waals surface area (Å²) in [4.78, 5) is 16.7. The van der Waals surface area contributed by atoms with Crippen molar-refractivity contribution in [3.05, 3.63) is 95.3 Å². The number of carbonyl (C=O) groups excluding carboxylic acids is 1. The highest BCUT2D eigenvalue weighted by Gasteiger charge is 2.40. The summed E-state index contributed by atoms with van der Waals surface area (Å²) in [6, 6.07) is 12.6. The molecule has 0 atom stereocenters. The highest BCUT2D eigenvalue weighted by molar-refractivity contribution is 6.30. The highest BCUT2D eigenvalue weighted by Crippen LogP contribution is 2.34. The summed E-state index contributed by atoms with van der Waals surface area (Å²) in [5.74, 6) is -0.916. The lowest BCUT2D eigenvalue weighted by Gasteiger charge is -2.13. The average molecular weight is 446 g/mol. The van der Waals surface area contributed by atoms with Crippen molar-refractivity contribution in [3.8, 4) is 5.69 Å². The summed E-state index contributed by atoms with van der Waals surface area (Å²) >= 11 is 5.90. The molecule has 2 aromatic carbocycles. The fourth-order valence-electron chi connectivity index (χ4n) is 3.13. The molecule has 0 radical (unpaired) electrons. The zero-order chi connectivity index (χ0) is 22.0. The Morgan fingerprint density at radius 3 is 2.65 bits per heavy atom. The van der Waals surface area contributed by atoms with Gasteiger partial charge in [-0.25, -0.2) is 9.67 Å². The largest absolute Gasteiger partial charge is 0.434 e. The molecule has 0 saturated heterocycles. The van der Waals surface area contributed by atoms with Gasteiger partial charge in [-0.05, 0) is 35.9 Å². The van der Waals surface area contributed by atoms with Crippen LogP contribution < -0.4 is 5.32 Å². The molecule has 0 spiro atoms. The van der Waals surface area contributed by atoms with Crippen molar-refractivity contribution in [2.24, 2.45) is 0 Å². The van der Waals surface area contributed by atoms with Gasteiger partial charge < -0.3 is 9.88 Å². The maximum absolute atomic E-state index is 13.8. The molecular formula is C21H15ClF3N5O. The van der Waals surface area contributed by atoms with Gasteiger partial charge in [0.05, 0.1) is 23.8 Å². The molecular weight excluding hydrogens is 431 g/mol. The second kappa shape index (κ2) is 8.27. The Balaban J connectivity index is 1.63. The van der Waals surface area contributed by atoms with Crippen LogP contribution in [-0.2, 0) is 12.7 Å². The molecule has 1 N–H and O–H groups in total. The Morgan fingerprint density at radius 1 is 1.13 bits per heavy atom. The van der Waals surface area contributed by atoms with E-state index in [4.69, 9.17) is 11.6 Å². The molecule has 1 amide bonds. The Morgan fingerprint density at radius 2 is 1.94 bits per heavy atom. The number of imidazole rings is 1. The first-order chi connectivity index (χ1) is 14.8. The van der Waals surface area contributed by atoms with Gasteiger partial charge in [-0.2, -0.15) is 18.3 Å². The average Bonchev–Trinajstić information content (AvgIpc) is 3.37. The van der Waals surface area contributed by atoms with Crippen LogP contribution in [0.15, 0.2) is 73.4 Å². The van der Waals surface area contributed by atoms with Crippen molar-refractivity contribution >= 4 is 23.2 Å². The minimum atomic E-state index is -4.81. The van der Waals surface area contributed by atoms with Gasteiger partial charge in [0.15, 0.2) is 5.69 Å². The maximum Gasteiger partial charge on any atom is 0.434 e. The quantitative estimate of drug-likeness (QED) is 0.468. The second-order valence-corrected chi connectivity index (χ2v) is 7.12. The van der Waals surface area contributed by atoms with Crippen LogP contribution in [0.5, 0.6) is 0 Å². The maximum atomic E-state index is 13.8. The number of alkyl halides is 3. The van der Waals surface area contributed by atoms with Crippen molar-refractivity contribution in [1.82, 2.24) is 19.3 Å². The lowest BCUT2D eigenvalue weighted by molar-refractivity contribution is -0.143. The Labute approximate surface area is 179 Å². The van der Waals surface area contributed by atoms with Crippen LogP contribution in [0.3, 0.4) is 0 Å². The summed E-state index contributed by atoms with van der Waals surface area (Å²) < 4.78 is 44.0. The Bertz CT molecular complexity index is 1220. The molecule has 10 heteroatoms. The molecule has 4 rings (SSSR count). The molecule has 0 aliphatic heterocycles. The van der Waals surface area contributed by atoms with Crippen molar-refractivity contribution < 1.29 is 18.0 Å². The lowest BCUT2D eigenvalue weighted by Crippen LogP contribution is -2.20. The molecule has 4 aromatic rings. The van der Waals surface area contributed by atoms with Crippen LogP contribution in [0.2, 0.25) is 5.02 Å². The van der Waals surface area contributed by atoms with Gasteiger partial charge >= 0.3 is 6.18 Å². The number of hydrogen-bond donors (Lipinski definition) is 1. The summed E-state index contributed by atoms with van der Waals surface area (Å²) in [5.41, 5.74) is -0.455. The zero-order valence-electron chi connectivity index (χ0n) is 15.8. The van der Waals surface area contributed by atoms with E-state index in [0.717, 1.165) is 11.8 Å². The van der Waals surface area contributed by atoms with Crippen LogP contribution in [-0.4, -0.2) is 25.2 Å². The molecule has 2 aromatic heterocycles. The van der Waals surface area contributed by atoms with Crippen LogP contribution >= 0.6 is 11.6 Å². The third kappa shape index (κ3) is 4.61. The van der Waals surface area contributed by atoms with E-state index in [-0.39, 0.29) is 10.7 Å². The summed E-state index contributed by atoms with van der Waals surface area (Å²) in [6.45, 7) is 0.504. The van der Waals surface area contributed by atoms with Crippen LogP contribution in [0.4, 0.5) is 18.9 Å². The molecule has 158 valence electrons. The Kier molecular flexibility index (Phi) is 5.51. The number of carbonyl (C=O) groups is 1. The SMILES string of the molecule is O=C(Nc1cccc(Cn2ccnc2)c1)c1cnn(-c2cccc(Cl)c2)c1C(F)(F)F. The monoisotopic (exact) mass is 445 g/mol. The van der Waals surface area contributed by atoms with E-state index in [1.165, 1.54) is 24.3 Å². The number of amides is 1. The minimum absolute atomic E-state index is 0.0983. The van der Waals surface area contributed by atoms with Crippen molar-refractivity contribution in [1.29, 1.82) is 0 Å². The van der Waals surface area contributed by atoms with Crippen LogP contribution in [0.1, 0.15) is 21.6 Å². The van der Waals surface area contributed by atoms with Crippen molar-refractivity contribution in [2.45, 2.75) is 12.7 Å². The van der Waals surface area contributed by atoms with E-state index in [1.54, 1.807) is 36.9 Å². The molecule has 0 bridgehead atoms. The van der Waals surface area contributed by atoms with Gasteiger partial charge in [-0.1, -0.05) is 29.8 Å². The topological polar surface area (TPSA) is 64.7 Å². The molecule has 6 nitrogen and oxygen atoms in total. The molecule has 0 aliphatic carbocycles. The van der Waals surface area contributed by atoms with E-state index in [2.05, 4.69) is 15.4 Å². The van der Waals surface area contributed by atoms with E-state index in [0.29, 0.717) is 16.9 Å². The first-order valence-electron chi connectivity index (χ1n) is 9.08. The van der Waals surface area contributed by atoms with Gasteiger partial charge in [0.2, 0.25) is 0 Å². The predicted molar refractivity (Wildman–Crippen MR) is 109 cm³/mol. The van der Waals surface area contributed by atoms with Crippen molar-refractivity contribution in [3.63, 3.8) is 0 Å². The number of rotatable bonds is 5. The molecule has 0 fully saturated rings. The standard InChI is InChI=1S/C21H15ClF3N5O/c22-15-4-2-6-17(10-15)30-19(21(23,24)25)18(11-27-30)20(31)28-16-5-1-3-14(9-16)12-29-8-7-26-13-29/h1-11,13H,12H2,(H,28,31). The highest BCUT2D eigenvalue weighted by atomic mass is 35.5. The third-order valence-electron chi connectivity index (χ3n) is 4.44. The van der Waals surface area contributed by atoms with E-state index >= 15 is 0 Å². The van der Waals surface area contributed by atoms with Gasteiger partial charge in [-0.3, -0.25) is 4.79 Å². The first kappa shape index (κ1) is 20.7. The van der Waals surface area contributed by atoms with Gasteiger partial charge in [0.25, 0.3) is 5.91 Å².